The molecule has 0 heterocycles. The highest BCUT2D eigenvalue weighted by Gasteiger charge is 2.05. The minimum Gasteiger partial charge on any atom is -0.326 e. The summed E-state index contributed by atoms with van der Waals surface area (Å²) in [6.07, 6.45) is 2.45. The van der Waals surface area contributed by atoms with Crippen molar-refractivity contribution in [1.29, 1.82) is 0 Å². The molecule has 132 valence electrons. The van der Waals surface area contributed by atoms with Gasteiger partial charge in [-0.05, 0) is 55.3 Å². The van der Waals surface area contributed by atoms with Crippen LogP contribution < -0.4 is 10.6 Å². The van der Waals surface area contributed by atoms with E-state index >= 15 is 0 Å². The van der Waals surface area contributed by atoms with Gasteiger partial charge >= 0.3 is 0 Å². The fraction of sp³-hybridized carbons (Fsp3) is 0.300. The van der Waals surface area contributed by atoms with Crippen molar-refractivity contribution < 1.29 is 9.59 Å². The standard InChI is InChI=1S/C20H24N2O2S/c1-3-4-8-19(23)21-16-9-11-18(12-10-16)25-14-20(24)22-17-7-5-6-15(2)13-17/h5-7,9-13H,3-4,8,14H2,1-2H3,(H,21,23)(H,22,24). The van der Waals surface area contributed by atoms with Crippen molar-refractivity contribution >= 4 is 35.0 Å². The molecule has 0 bridgehead atoms. The normalized spacial score (nSPS) is 10.3. The van der Waals surface area contributed by atoms with Gasteiger partial charge in [-0.25, -0.2) is 0 Å². The SMILES string of the molecule is CCCCC(=O)Nc1ccc(SCC(=O)Nc2cccc(C)c2)cc1. The second kappa shape index (κ2) is 9.89. The topological polar surface area (TPSA) is 58.2 Å². The second-order valence-corrected chi connectivity index (χ2v) is 6.93. The number of benzene rings is 2. The van der Waals surface area contributed by atoms with Crippen molar-refractivity contribution in [2.24, 2.45) is 0 Å². The minimum atomic E-state index is -0.0347. The van der Waals surface area contributed by atoms with Gasteiger partial charge in [-0.3, -0.25) is 9.59 Å². The molecule has 0 spiro atoms. The number of hydrogen-bond donors (Lipinski definition) is 2. The Kier molecular flexibility index (Phi) is 7.54. The fourth-order valence-corrected chi connectivity index (χ4v) is 2.96. The van der Waals surface area contributed by atoms with Crippen LogP contribution in [0.25, 0.3) is 0 Å². The van der Waals surface area contributed by atoms with Gasteiger partial charge in [0.2, 0.25) is 11.8 Å². The van der Waals surface area contributed by atoms with Crippen LogP contribution in [0.1, 0.15) is 31.7 Å². The molecular weight excluding hydrogens is 332 g/mol. The maximum atomic E-state index is 12.0. The number of anilines is 2. The first-order chi connectivity index (χ1) is 12.1. The van der Waals surface area contributed by atoms with E-state index in [4.69, 9.17) is 0 Å². The second-order valence-electron chi connectivity index (χ2n) is 5.88. The smallest absolute Gasteiger partial charge is 0.234 e. The number of hydrogen-bond acceptors (Lipinski definition) is 3. The predicted molar refractivity (Wildman–Crippen MR) is 105 cm³/mol. The minimum absolute atomic E-state index is 0.0347. The Labute approximate surface area is 153 Å². The first-order valence-corrected chi connectivity index (χ1v) is 9.44. The Balaban J connectivity index is 1.79. The third kappa shape index (κ3) is 7.01. The molecule has 2 aromatic rings. The summed E-state index contributed by atoms with van der Waals surface area (Å²) in [7, 11) is 0. The van der Waals surface area contributed by atoms with Crippen LogP contribution in [-0.4, -0.2) is 17.6 Å². The molecular formula is C20H24N2O2S. The van der Waals surface area contributed by atoms with Crippen LogP contribution in [0.5, 0.6) is 0 Å². The molecule has 0 aliphatic heterocycles. The first-order valence-electron chi connectivity index (χ1n) is 8.46. The van der Waals surface area contributed by atoms with E-state index in [0.29, 0.717) is 12.2 Å². The van der Waals surface area contributed by atoms with Gasteiger partial charge in [0.25, 0.3) is 0 Å². The third-order valence-corrected chi connectivity index (χ3v) is 4.58. The van der Waals surface area contributed by atoms with E-state index in [-0.39, 0.29) is 11.8 Å². The molecule has 2 amide bonds. The van der Waals surface area contributed by atoms with E-state index in [1.54, 1.807) is 0 Å². The zero-order valence-corrected chi connectivity index (χ0v) is 15.5. The van der Waals surface area contributed by atoms with E-state index < -0.39 is 0 Å². The van der Waals surface area contributed by atoms with E-state index in [1.165, 1.54) is 11.8 Å². The molecule has 0 radical (unpaired) electrons. The molecule has 0 aliphatic carbocycles. The number of carbonyl (C=O) groups is 2. The summed E-state index contributed by atoms with van der Waals surface area (Å²) < 4.78 is 0. The van der Waals surface area contributed by atoms with Crippen molar-refractivity contribution in [3.63, 3.8) is 0 Å². The molecule has 4 nitrogen and oxygen atoms in total. The lowest BCUT2D eigenvalue weighted by atomic mass is 10.2. The summed E-state index contributed by atoms with van der Waals surface area (Å²) in [6, 6.07) is 15.3. The van der Waals surface area contributed by atoms with Gasteiger partial charge < -0.3 is 10.6 Å². The Bertz CT molecular complexity index is 714. The summed E-state index contributed by atoms with van der Waals surface area (Å²) in [6.45, 7) is 4.06. The summed E-state index contributed by atoms with van der Waals surface area (Å²) in [4.78, 5) is 24.7. The van der Waals surface area contributed by atoms with Crippen LogP contribution in [0.3, 0.4) is 0 Å². The van der Waals surface area contributed by atoms with Crippen LogP contribution in [0.15, 0.2) is 53.4 Å². The average Bonchev–Trinajstić information content (AvgIpc) is 2.59. The van der Waals surface area contributed by atoms with Crippen LogP contribution >= 0.6 is 11.8 Å². The molecule has 0 unspecified atom stereocenters. The lowest BCUT2D eigenvalue weighted by molar-refractivity contribution is -0.116. The fourth-order valence-electron chi connectivity index (χ4n) is 2.26. The maximum absolute atomic E-state index is 12.0. The molecule has 0 aliphatic rings. The maximum Gasteiger partial charge on any atom is 0.234 e. The van der Waals surface area contributed by atoms with Crippen LogP contribution in [0, 0.1) is 6.92 Å². The highest BCUT2D eigenvalue weighted by molar-refractivity contribution is 8.00. The van der Waals surface area contributed by atoms with Gasteiger partial charge in [-0.15, -0.1) is 11.8 Å². The molecule has 0 atom stereocenters. The lowest BCUT2D eigenvalue weighted by Crippen LogP contribution is -2.14. The molecule has 25 heavy (non-hydrogen) atoms. The number of unbranched alkanes of at least 4 members (excludes halogenated alkanes) is 1. The van der Waals surface area contributed by atoms with Crippen LogP contribution in [-0.2, 0) is 9.59 Å². The molecule has 2 N–H and O–H groups in total. The zero-order chi connectivity index (χ0) is 18.1. The zero-order valence-electron chi connectivity index (χ0n) is 14.7. The largest absolute Gasteiger partial charge is 0.326 e. The van der Waals surface area contributed by atoms with Crippen molar-refractivity contribution in [3.8, 4) is 0 Å². The number of rotatable bonds is 8. The number of nitrogens with one attached hydrogen (secondary N) is 2. The average molecular weight is 356 g/mol. The summed E-state index contributed by atoms with van der Waals surface area (Å²) in [5, 5.41) is 5.77. The van der Waals surface area contributed by atoms with Crippen molar-refractivity contribution in [3.05, 3.63) is 54.1 Å². The Morgan fingerprint density at radius 3 is 2.36 bits per heavy atom. The highest BCUT2D eigenvalue weighted by atomic mass is 32.2. The van der Waals surface area contributed by atoms with Crippen molar-refractivity contribution in [2.45, 2.75) is 38.0 Å². The number of thioether (sulfide) groups is 1. The van der Waals surface area contributed by atoms with Gasteiger partial charge in [-0.1, -0.05) is 25.5 Å². The van der Waals surface area contributed by atoms with E-state index in [2.05, 4.69) is 17.6 Å². The molecule has 0 saturated carbocycles. The quantitative estimate of drug-likeness (QED) is 0.665. The Morgan fingerprint density at radius 2 is 1.68 bits per heavy atom. The first kappa shape index (κ1) is 19.1. The van der Waals surface area contributed by atoms with Crippen molar-refractivity contribution in [1.82, 2.24) is 0 Å². The molecule has 0 aromatic heterocycles. The lowest BCUT2D eigenvalue weighted by Gasteiger charge is -2.07. The third-order valence-electron chi connectivity index (χ3n) is 3.57. The van der Waals surface area contributed by atoms with Crippen LogP contribution in [0.2, 0.25) is 0 Å². The van der Waals surface area contributed by atoms with Gasteiger partial charge in [0.1, 0.15) is 0 Å². The van der Waals surface area contributed by atoms with E-state index in [0.717, 1.165) is 34.7 Å². The van der Waals surface area contributed by atoms with E-state index in [1.807, 2.05) is 55.5 Å². The number of aryl methyl sites for hydroxylation is 1. The highest BCUT2D eigenvalue weighted by Crippen LogP contribution is 2.21. The summed E-state index contributed by atoms with van der Waals surface area (Å²) in [5.74, 6) is 0.350. The van der Waals surface area contributed by atoms with Gasteiger partial charge in [0.15, 0.2) is 0 Å². The summed E-state index contributed by atoms with van der Waals surface area (Å²) >= 11 is 1.47. The van der Waals surface area contributed by atoms with Crippen molar-refractivity contribution in [2.75, 3.05) is 16.4 Å². The molecule has 5 heteroatoms. The number of carbonyl (C=O) groups excluding carboxylic acids is 2. The predicted octanol–water partition coefficient (Wildman–Crippen LogP) is 4.85. The monoisotopic (exact) mass is 356 g/mol. The van der Waals surface area contributed by atoms with Crippen LogP contribution in [0.4, 0.5) is 11.4 Å². The Morgan fingerprint density at radius 1 is 0.960 bits per heavy atom. The Hall–Kier alpha value is -2.27. The summed E-state index contributed by atoms with van der Waals surface area (Å²) in [5.41, 5.74) is 2.72. The van der Waals surface area contributed by atoms with Gasteiger partial charge in [0.05, 0.1) is 5.75 Å². The molecule has 0 fully saturated rings. The molecule has 2 rings (SSSR count). The van der Waals surface area contributed by atoms with Gasteiger partial charge in [0, 0.05) is 22.7 Å². The van der Waals surface area contributed by atoms with Gasteiger partial charge in [-0.2, -0.15) is 0 Å². The number of amides is 2. The molecule has 0 saturated heterocycles. The van der Waals surface area contributed by atoms with E-state index in [9.17, 15) is 9.59 Å². The molecule has 2 aromatic carbocycles.